The quantitative estimate of drug-likeness (QED) is 0.512. The Balaban J connectivity index is 1.46. The van der Waals surface area contributed by atoms with Gasteiger partial charge in [-0.15, -0.1) is 0 Å². The monoisotopic (exact) mass is 602 g/mol. The van der Waals surface area contributed by atoms with Crippen molar-refractivity contribution in [2.45, 2.75) is 70.4 Å². The third-order valence-electron chi connectivity index (χ3n) is 9.46. The molecule has 3 atom stereocenters. The van der Waals surface area contributed by atoms with Crippen LogP contribution >= 0.6 is 0 Å². The molecule has 0 radical (unpaired) electrons. The molecule has 2 fully saturated rings. The molecule has 1 heterocycles. The molecule has 4 aliphatic rings. The number of carbonyl (C=O) groups excluding carboxylic acids is 2. The third kappa shape index (κ3) is 5.70. The minimum absolute atomic E-state index is 0.0221. The summed E-state index contributed by atoms with van der Waals surface area (Å²) in [6, 6.07) is 14.4. The zero-order valence-corrected chi connectivity index (χ0v) is 26.3. The van der Waals surface area contributed by atoms with Gasteiger partial charge >= 0.3 is 10.2 Å². The van der Waals surface area contributed by atoms with E-state index in [4.69, 9.17) is 0 Å². The van der Waals surface area contributed by atoms with E-state index in [1.54, 1.807) is 6.07 Å². The van der Waals surface area contributed by atoms with E-state index in [-0.39, 0.29) is 23.9 Å². The fourth-order valence-electron chi connectivity index (χ4n) is 7.55. The van der Waals surface area contributed by atoms with Crippen molar-refractivity contribution in [2.75, 3.05) is 27.2 Å². The molecule has 1 saturated heterocycles. The SMILES string of the molecule is CC1CN(C(=O)C2=Cc3ccccc3C3=C(C4CCCCC4)c4cc(C(=O)NS(=O)(=O)N(C)C)ccc4C3C2)CC(C)N1. The Morgan fingerprint density at radius 3 is 2.33 bits per heavy atom. The molecular formula is C34H42N4O4S. The first kappa shape index (κ1) is 29.8. The van der Waals surface area contributed by atoms with Gasteiger partial charge < -0.3 is 10.2 Å². The number of benzene rings is 2. The Kier molecular flexibility index (Phi) is 8.08. The summed E-state index contributed by atoms with van der Waals surface area (Å²) in [7, 11) is -1.14. The second-order valence-electron chi connectivity index (χ2n) is 12.9. The van der Waals surface area contributed by atoms with Crippen molar-refractivity contribution in [3.05, 3.63) is 75.9 Å². The van der Waals surface area contributed by atoms with Crippen LogP contribution in [0.1, 0.15) is 90.9 Å². The average Bonchev–Trinajstić information content (AvgIpc) is 3.18. The molecule has 9 heteroatoms. The maximum Gasteiger partial charge on any atom is 0.303 e. The summed E-state index contributed by atoms with van der Waals surface area (Å²) < 4.78 is 28.1. The van der Waals surface area contributed by atoms with Gasteiger partial charge in [0.05, 0.1) is 0 Å². The largest absolute Gasteiger partial charge is 0.336 e. The third-order valence-corrected chi connectivity index (χ3v) is 10.9. The van der Waals surface area contributed by atoms with Gasteiger partial charge in [-0.2, -0.15) is 12.7 Å². The molecule has 2 amide bonds. The number of carbonyl (C=O) groups is 2. The molecule has 2 N–H and O–H groups in total. The van der Waals surface area contributed by atoms with Gasteiger partial charge in [0, 0.05) is 56.3 Å². The van der Waals surface area contributed by atoms with Crippen LogP contribution < -0.4 is 10.0 Å². The molecule has 6 rings (SSSR count). The minimum Gasteiger partial charge on any atom is -0.336 e. The number of fused-ring (bicyclic) bond motifs is 5. The summed E-state index contributed by atoms with van der Waals surface area (Å²) in [4.78, 5) is 29.3. The van der Waals surface area contributed by atoms with Gasteiger partial charge in [-0.3, -0.25) is 9.59 Å². The summed E-state index contributed by atoms with van der Waals surface area (Å²) in [5, 5.41) is 3.53. The van der Waals surface area contributed by atoms with E-state index >= 15 is 0 Å². The summed E-state index contributed by atoms with van der Waals surface area (Å²) >= 11 is 0. The fraction of sp³-hybridized carbons (Fsp3) is 0.471. The van der Waals surface area contributed by atoms with Gasteiger partial charge in [-0.25, -0.2) is 4.72 Å². The molecule has 43 heavy (non-hydrogen) atoms. The molecule has 0 bridgehead atoms. The van der Waals surface area contributed by atoms with E-state index in [9.17, 15) is 18.0 Å². The lowest BCUT2D eigenvalue weighted by Gasteiger charge is -2.36. The average molecular weight is 603 g/mol. The summed E-state index contributed by atoms with van der Waals surface area (Å²) in [6.45, 7) is 5.59. The van der Waals surface area contributed by atoms with Gasteiger partial charge in [-0.1, -0.05) is 49.6 Å². The highest BCUT2D eigenvalue weighted by Gasteiger charge is 2.40. The molecule has 3 aliphatic carbocycles. The Morgan fingerprint density at radius 1 is 0.930 bits per heavy atom. The molecular weight excluding hydrogens is 560 g/mol. The molecule has 1 saturated carbocycles. The number of allylic oxidation sites excluding steroid dienone is 2. The van der Waals surface area contributed by atoms with Crippen LogP contribution in [-0.4, -0.2) is 68.7 Å². The predicted molar refractivity (Wildman–Crippen MR) is 170 cm³/mol. The van der Waals surface area contributed by atoms with Crippen molar-refractivity contribution >= 4 is 39.2 Å². The lowest BCUT2D eigenvalue weighted by molar-refractivity contribution is -0.128. The number of nitrogens with one attached hydrogen (secondary N) is 2. The van der Waals surface area contributed by atoms with E-state index in [1.807, 2.05) is 23.1 Å². The first-order chi connectivity index (χ1) is 20.5. The van der Waals surface area contributed by atoms with Gasteiger partial charge in [0.25, 0.3) is 5.91 Å². The van der Waals surface area contributed by atoms with Gasteiger partial charge in [0.2, 0.25) is 5.91 Å². The van der Waals surface area contributed by atoms with E-state index in [0.29, 0.717) is 31.0 Å². The van der Waals surface area contributed by atoms with Crippen LogP contribution in [0.2, 0.25) is 0 Å². The van der Waals surface area contributed by atoms with E-state index in [0.717, 1.165) is 57.8 Å². The van der Waals surface area contributed by atoms with Crippen molar-refractivity contribution in [2.24, 2.45) is 5.92 Å². The van der Waals surface area contributed by atoms with Crippen molar-refractivity contribution in [3.8, 4) is 0 Å². The first-order valence-electron chi connectivity index (χ1n) is 15.5. The standard InChI is InChI=1S/C34H42N4O4S/c1-21-19-38(20-22(2)35-21)34(40)26-16-24-12-8-9-13-27(24)32-30(18-26)28-15-14-25(33(39)36-43(41,42)37(3)4)17-29(28)31(32)23-10-6-5-7-11-23/h8-9,12-17,21-23,30,35H,5-7,10-11,18-20H2,1-4H3,(H,36,39). The lowest BCUT2D eigenvalue weighted by atomic mass is 9.78. The molecule has 0 aromatic heterocycles. The Labute approximate surface area is 255 Å². The zero-order valence-electron chi connectivity index (χ0n) is 25.5. The molecule has 1 aliphatic heterocycles. The minimum atomic E-state index is -3.93. The number of hydrogen-bond acceptors (Lipinski definition) is 5. The van der Waals surface area contributed by atoms with Crippen LogP contribution in [0.5, 0.6) is 0 Å². The second kappa shape index (κ2) is 11.7. The summed E-state index contributed by atoms with van der Waals surface area (Å²) in [5.74, 6) is -0.230. The van der Waals surface area contributed by atoms with E-state index in [1.165, 1.54) is 31.7 Å². The highest BCUT2D eigenvalue weighted by atomic mass is 32.2. The van der Waals surface area contributed by atoms with Crippen LogP contribution in [-0.2, 0) is 15.0 Å². The Hall–Kier alpha value is -3.27. The Bertz CT molecular complexity index is 1610. The molecule has 2 aromatic rings. The van der Waals surface area contributed by atoms with Crippen LogP contribution in [0.3, 0.4) is 0 Å². The molecule has 8 nitrogen and oxygen atoms in total. The van der Waals surface area contributed by atoms with Crippen molar-refractivity contribution in [1.29, 1.82) is 0 Å². The van der Waals surface area contributed by atoms with Crippen LogP contribution in [0.25, 0.3) is 17.2 Å². The molecule has 2 aromatic carbocycles. The highest BCUT2D eigenvalue weighted by molar-refractivity contribution is 7.87. The number of rotatable bonds is 5. The first-order valence-corrected chi connectivity index (χ1v) is 17.0. The van der Waals surface area contributed by atoms with Crippen LogP contribution in [0.4, 0.5) is 0 Å². The maximum absolute atomic E-state index is 14.1. The number of piperazine rings is 1. The summed E-state index contributed by atoms with van der Waals surface area (Å²) in [6.07, 6.45) is 8.38. The van der Waals surface area contributed by atoms with Crippen molar-refractivity contribution in [3.63, 3.8) is 0 Å². The maximum atomic E-state index is 14.1. The second-order valence-corrected chi connectivity index (χ2v) is 14.8. The van der Waals surface area contributed by atoms with Gasteiger partial charge in [-0.05, 0) is 90.6 Å². The van der Waals surface area contributed by atoms with Crippen molar-refractivity contribution in [1.82, 2.24) is 19.2 Å². The molecule has 0 spiro atoms. The van der Waals surface area contributed by atoms with Crippen LogP contribution in [0, 0.1) is 5.92 Å². The highest BCUT2D eigenvalue weighted by Crippen LogP contribution is 2.56. The van der Waals surface area contributed by atoms with E-state index < -0.39 is 16.1 Å². The van der Waals surface area contributed by atoms with Crippen molar-refractivity contribution < 1.29 is 18.0 Å². The number of nitrogens with zero attached hydrogens (tertiary/aromatic N) is 2. The smallest absolute Gasteiger partial charge is 0.303 e. The molecule has 228 valence electrons. The van der Waals surface area contributed by atoms with E-state index in [2.05, 4.69) is 48.2 Å². The fourth-order valence-corrected chi connectivity index (χ4v) is 8.08. The lowest BCUT2D eigenvalue weighted by Crippen LogP contribution is -2.56. The van der Waals surface area contributed by atoms with Crippen LogP contribution in [0.15, 0.2) is 48.0 Å². The topological polar surface area (TPSA) is 98.8 Å². The number of amides is 2. The normalized spacial score (nSPS) is 24.2. The van der Waals surface area contributed by atoms with Gasteiger partial charge in [0.1, 0.15) is 0 Å². The molecule has 3 unspecified atom stereocenters. The zero-order chi connectivity index (χ0) is 30.5. The van der Waals surface area contributed by atoms with Gasteiger partial charge in [0.15, 0.2) is 0 Å². The Morgan fingerprint density at radius 2 is 1.63 bits per heavy atom. The summed E-state index contributed by atoms with van der Waals surface area (Å²) in [5.41, 5.74) is 7.99. The number of hydrogen-bond donors (Lipinski definition) is 2. The predicted octanol–water partition coefficient (Wildman–Crippen LogP) is 4.81.